The lowest BCUT2D eigenvalue weighted by molar-refractivity contribution is -0.144. The summed E-state index contributed by atoms with van der Waals surface area (Å²) < 4.78 is 28.3. The van der Waals surface area contributed by atoms with Crippen molar-refractivity contribution in [3.63, 3.8) is 0 Å². The van der Waals surface area contributed by atoms with E-state index in [0.717, 1.165) is 48.3 Å². The molecular weight excluding hydrogens is 920 g/mol. The summed E-state index contributed by atoms with van der Waals surface area (Å²) in [6.45, 7) is 14.4. The molecule has 18 heteroatoms. The molecule has 15 nitrogen and oxygen atoms in total. The molecule has 2 aliphatic heterocycles. The van der Waals surface area contributed by atoms with E-state index in [0.29, 0.717) is 28.5 Å². The third-order valence-electron chi connectivity index (χ3n) is 12.7. The van der Waals surface area contributed by atoms with E-state index in [1.54, 1.807) is 55.0 Å². The molecule has 2 unspecified atom stereocenters. The number of aryl methyl sites for hydroxylation is 3. The number of ether oxygens (including phenoxy) is 2. The lowest BCUT2D eigenvalue weighted by atomic mass is 9.85. The van der Waals surface area contributed by atoms with Crippen LogP contribution < -0.4 is 15.4 Å². The van der Waals surface area contributed by atoms with Crippen LogP contribution in [0.15, 0.2) is 77.2 Å². The number of nitrogens with one attached hydrogen (secondary N) is 2. The number of hydrogen-bond donors (Lipinski definition) is 3. The van der Waals surface area contributed by atoms with Gasteiger partial charge in [-0.3, -0.25) is 28.7 Å². The molecule has 0 radical (unpaired) electrons. The Labute approximate surface area is 407 Å². The number of methoxy groups -OCH3 is 1. The van der Waals surface area contributed by atoms with Crippen LogP contribution in [0.25, 0.3) is 26.6 Å². The Morgan fingerprint density at radius 2 is 1.61 bits per heavy atom. The highest BCUT2D eigenvalue weighted by molar-refractivity contribution is 7.15. The first kappa shape index (κ1) is 48.8. The van der Waals surface area contributed by atoms with E-state index in [4.69, 9.17) is 14.5 Å². The van der Waals surface area contributed by atoms with E-state index >= 15 is 4.39 Å². The molecule has 5 atom stereocenters. The second-order valence-corrected chi connectivity index (χ2v) is 20.6. The molecule has 0 spiro atoms. The number of thiophene rings is 1. The van der Waals surface area contributed by atoms with Crippen LogP contribution in [0.3, 0.4) is 0 Å². The monoisotopic (exact) mass is 974 g/mol. The molecule has 0 bridgehead atoms. The maximum atomic E-state index is 15.7. The number of aliphatic hydroxyl groups excluding tert-OH is 1. The highest BCUT2D eigenvalue weighted by Gasteiger charge is 2.45. The quantitative estimate of drug-likeness (QED) is 0.0968. The number of halogens is 1. The number of nitrogens with zero attached hydrogens (tertiary/aromatic N) is 6. The van der Waals surface area contributed by atoms with Crippen molar-refractivity contribution in [1.82, 2.24) is 35.3 Å². The van der Waals surface area contributed by atoms with Gasteiger partial charge in [-0.15, -0.1) is 32.9 Å². The summed E-state index contributed by atoms with van der Waals surface area (Å²) in [5, 5.41) is 26.1. The van der Waals surface area contributed by atoms with Gasteiger partial charge in [-0.1, -0.05) is 75.4 Å². The van der Waals surface area contributed by atoms with Crippen molar-refractivity contribution < 1.29 is 38.1 Å². The summed E-state index contributed by atoms with van der Waals surface area (Å²) >= 11 is 3.16. The van der Waals surface area contributed by atoms with Crippen LogP contribution in [-0.2, 0) is 23.9 Å². The fourth-order valence-corrected chi connectivity index (χ4v) is 10.8. The van der Waals surface area contributed by atoms with Gasteiger partial charge in [0.15, 0.2) is 24.0 Å². The molecule has 3 aromatic carbocycles. The maximum absolute atomic E-state index is 15.7. The molecule has 1 saturated heterocycles. The number of fused-ring (bicyclic) bond motifs is 3. The van der Waals surface area contributed by atoms with E-state index in [1.807, 2.05) is 87.7 Å². The van der Waals surface area contributed by atoms with E-state index in [-0.39, 0.29) is 25.1 Å². The van der Waals surface area contributed by atoms with Crippen LogP contribution in [0, 0.1) is 38.9 Å². The highest BCUT2D eigenvalue weighted by atomic mass is 32.1. The zero-order chi connectivity index (χ0) is 49.5. The largest absolute Gasteiger partial charge is 0.481 e. The Morgan fingerprint density at radius 3 is 2.26 bits per heavy atom. The molecule has 69 heavy (non-hydrogen) atoms. The molecule has 3 N–H and O–H groups in total. The van der Waals surface area contributed by atoms with Gasteiger partial charge in [0.1, 0.15) is 29.0 Å². The molecule has 0 saturated carbocycles. The van der Waals surface area contributed by atoms with Crippen molar-refractivity contribution in [1.29, 1.82) is 0 Å². The number of aliphatic hydroxyl groups is 1. The fourth-order valence-electron chi connectivity index (χ4n) is 8.75. The number of likely N-dealkylation sites (tertiary alicyclic amines) is 1. The number of β-amino-alcohol motifs (C(OH)–C–C–N with tert-alkyl or cyclic N) is 1. The standard InChI is InChI=1S/C51H55FN8O7S2/c1-26-29(4)69-50-43(26)44(55-38(22-42(63)66-9)47-58-57-30(5)60(47)50)33-14-12-32(13-15-33)35-18-19-40(37(52)20-35)67-24-41(62)56-46(51(6,7)8)49(65)59-23-36(61)21-39(59)48(64)54-27(2)31-10-16-34(17-11-31)45-28(3)53-25-68-45/h10-20,25,27,36,38-39,46,61H,21-24H2,1-9H3,(H,54,64)(H,56,62)/t27?,36-,38+,39+,46?/m1/s1. The molecule has 3 aromatic heterocycles. The van der Waals surface area contributed by atoms with Crippen molar-refractivity contribution in [2.24, 2.45) is 10.4 Å². The summed E-state index contributed by atoms with van der Waals surface area (Å²) in [5.41, 5.74) is 8.55. The van der Waals surface area contributed by atoms with Crippen LogP contribution in [0.4, 0.5) is 4.39 Å². The Bertz CT molecular complexity index is 2960. The number of esters is 1. The molecule has 360 valence electrons. The van der Waals surface area contributed by atoms with Gasteiger partial charge in [0.2, 0.25) is 11.8 Å². The number of aliphatic imine (C=N–C) groups is 1. The number of carbonyl (C=O) groups excluding carboxylic acids is 4. The average molecular weight is 975 g/mol. The van der Waals surface area contributed by atoms with E-state index in [9.17, 15) is 24.3 Å². The topological polar surface area (TPSA) is 190 Å². The number of carbonyl (C=O) groups is 4. The van der Waals surface area contributed by atoms with E-state index < -0.39 is 71.8 Å². The van der Waals surface area contributed by atoms with Gasteiger partial charge in [0.25, 0.3) is 5.91 Å². The average Bonchev–Trinajstić information content (AvgIpc) is 4.09. The molecular formula is C51H55FN8O7S2. The van der Waals surface area contributed by atoms with Gasteiger partial charge in [0, 0.05) is 29.0 Å². The number of rotatable bonds is 13. The van der Waals surface area contributed by atoms with Crippen LogP contribution in [0.2, 0.25) is 0 Å². The smallest absolute Gasteiger partial charge is 0.308 e. The summed E-state index contributed by atoms with van der Waals surface area (Å²) in [6.07, 6.45) is -0.925. The van der Waals surface area contributed by atoms with Gasteiger partial charge in [0.05, 0.1) is 47.5 Å². The number of amides is 3. The highest BCUT2D eigenvalue weighted by Crippen LogP contribution is 2.40. The number of hydrogen-bond acceptors (Lipinski definition) is 13. The SMILES string of the molecule is COC(=O)C[C@@H]1N=C(c2ccc(-c3ccc(OCC(=O)NC(C(=O)N4C[C@H](O)C[C@H]4C(=O)NC(C)c4ccc(-c5scnc5C)cc4)C(C)(C)C)c(F)c3)cc2)c2c(sc(C)c2C)-n2c(C)nnc21. The Kier molecular flexibility index (Phi) is 14.0. The minimum absolute atomic E-state index is 0.0237. The zero-order valence-corrected chi connectivity index (χ0v) is 41.6. The predicted octanol–water partition coefficient (Wildman–Crippen LogP) is 7.70. The number of benzene rings is 3. The Hall–Kier alpha value is -6.63. The van der Waals surface area contributed by atoms with Gasteiger partial charge >= 0.3 is 5.97 Å². The van der Waals surface area contributed by atoms with Crippen molar-refractivity contribution >= 4 is 52.1 Å². The summed E-state index contributed by atoms with van der Waals surface area (Å²) in [5.74, 6) is -1.67. The van der Waals surface area contributed by atoms with E-state index in [2.05, 4.69) is 25.8 Å². The maximum Gasteiger partial charge on any atom is 0.308 e. The number of aromatic nitrogens is 4. The van der Waals surface area contributed by atoms with Crippen LogP contribution >= 0.6 is 22.7 Å². The second kappa shape index (κ2) is 19.8. The van der Waals surface area contributed by atoms with Crippen LogP contribution in [0.5, 0.6) is 5.75 Å². The van der Waals surface area contributed by atoms with Crippen LogP contribution in [-0.4, -0.2) is 97.6 Å². The minimum Gasteiger partial charge on any atom is -0.481 e. The molecule has 1 fully saturated rings. The van der Waals surface area contributed by atoms with Gasteiger partial charge in [-0.05, 0) is 80.0 Å². The Balaban J connectivity index is 0.921. The lowest BCUT2D eigenvalue weighted by Crippen LogP contribution is -2.58. The van der Waals surface area contributed by atoms with Gasteiger partial charge in [-0.2, -0.15) is 0 Å². The molecule has 8 rings (SSSR count). The second-order valence-electron chi connectivity index (χ2n) is 18.6. The van der Waals surface area contributed by atoms with Crippen molar-refractivity contribution in [2.45, 2.75) is 98.5 Å². The third-order valence-corrected chi connectivity index (χ3v) is 14.8. The summed E-state index contributed by atoms with van der Waals surface area (Å²) in [6, 6.07) is 16.7. The predicted molar refractivity (Wildman–Crippen MR) is 262 cm³/mol. The molecule has 3 amide bonds. The fraction of sp³-hybridized carbons (Fsp3) is 0.373. The molecule has 0 aliphatic carbocycles. The molecule has 5 heterocycles. The van der Waals surface area contributed by atoms with Crippen molar-refractivity contribution in [2.75, 3.05) is 20.3 Å². The van der Waals surface area contributed by atoms with Gasteiger partial charge < -0.3 is 30.1 Å². The first-order valence-corrected chi connectivity index (χ1v) is 24.3. The normalized spacial score (nSPS) is 17.5. The Morgan fingerprint density at radius 1 is 0.928 bits per heavy atom. The lowest BCUT2D eigenvalue weighted by Gasteiger charge is -2.35. The van der Waals surface area contributed by atoms with E-state index in [1.165, 1.54) is 24.1 Å². The molecule has 2 aliphatic rings. The zero-order valence-electron chi connectivity index (χ0n) is 39.9. The molecule has 6 aromatic rings. The third kappa shape index (κ3) is 10.1. The number of thiazole rings is 1. The van der Waals surface area contributed by atoms with Gasteiger partial charge in [-0.25, -0.2) is 9.37 Å². The summed E-state index contributed by atoms with van der Waals surface area (Å²) in [7, 11) is 1.34. The minimum atomic E-state index is -1.10. The first-order valence-electron chi connectivity index (χ1n) is 22.6. The first-order chi connectivity index (χ1) is 32.8. The summed E-state index contributed by atoms with van der Waals surface area (Å²) in [4.78, 5) is 66.9. The van der Waals surface area contributed by atoms with Crippen molar-refractivity contribution in [3.05, 3.63) is 123 Å². The van der Waals surface area contributed by atoms with Crippen LogP contribution in [0.1, 0.15) is 97.1 Å². The van der Waals surface area contributed by atoms with Crippen molar-refractivity contribution in [3.8, 4) is 32.3 Å².